The van der Waals surface area contributed by atoms with E-state index in [0.29, 0.717) is 31.1 Å². The summed E-state index contributed by atoms with van der Waals surface area (Å²) >= 11 is 0. The van der Waals surface area contributed by atoms with Crippen LogP contribution in [-0.2, 0) is 17.9 Å². The van der Waals surface area contributed by atoms with E-state index in [0.717, 1.165) is 39.3 Å². The maximum absolute atomic E-state index is 13.5. The van der Waals surface area contributed by atoms with Gasteiger partial charge in [0, 0.05) is 12.0 Å². The number of nitrogens with zero attached hydrogens (tertiary/aromatic N) is 5. The van der Waals surface area contributed by atoms with E-state index in [1.165, 1.54) is 12.1 Å². The van der Waals surface area contributed by atoms with Crippen LogP contribution in [0.5, 0.6) is 0 Å². The molecule has 2 N–H and O–H groups in total. The number of benzene rings is 2. The molecule has 5 aromatic rings. The van der Waals surface area contributed by atoms with Crippen molar-refractivity contribution in [3.8, 4) is 5.69 Å². The number of para-hydroxylation sites is 1. The Morgan fingerprint density at radius 2 is 1.84 bits per heavy atom. The number of aromatic nitrogens is 5. The number of rotatable bonds is 6. The van der Waals surface area contributed by atoms with Gasteiger partial charge >= 0.3 is 0 Å². The summed E-state index contributed by atoms with van der Waals surface area (Å²) in [5.41, 5.74) is 11.3. The van der Waals surface area contributed by atoms with E-state index in [2.05, 4.69) is 14.6 Å². The second kappa shape index (κ2) is 8.05. The van der Waals surface area contributed by atoms with Gasteiger partial charge in [-0.1, -0.05) is 18.2 Å². The second-order valence-corrected chi connectivity index (χ2v) is 7.63. The molecule has 0 amide bonds. The molecule has 8 heteroatoms. The summed E-state index contributed by atoms with van der Waals surface area (Å²) in [6.07, 6.45) is 0. The topological polar surface area (TPSA) is 83.8 Å². The van der Waals surface area contributed by atoms with Crippen LogP contribution < -0.4 is 5.73 Å². The average Bonchev–Trinajstić information content (AvgIpc) is 3.34. The molecule has 0 saturated carbocycles. The van der Waals surface area contributed by atoms with Gasteiger partial charge < -0.3 is 15.0 Å². The molecule has 0 unspecified atom stereocenters. The lowest BCUT2D eigenvalue weighted by atomic mass is 10.2. The maximum atomic E-state index is 13.5. The number of aryl methyl sites for hydroxylation is 1. The summed E-state index contributed by atoms with van der Waals surface area (Å²) in [5, 5.41) is 5.60. The van der Waals surface area contributed by atoms with Gasteiger partial charge in [0.05, 0.1) is 34.7 Å². The fraction of sp³-hybridized carbons (Fsp3) is 0.208. The second-order valence-electron chi connectivity index (χ2n) is 7.63. The van der Waals surface area contributed by atoms with Crippen molar-refractivity contribution in [1.82, 2.24) is 24.3 Å². The molecule has 162 valence electrons. The molecule has 32 heavy (non-hydrogen) atoms. The molecule has 2 aromatic carbocycles. The average molecular weight is 430 g/mol. The number of nitrogens with two attached hydrogens (primary N) is 1. The van der Waals surface area contributed by atoms with Crippen molar-refractivity contribution >= 4 is 27.8 Å². The lowest BCUT2D eigenvalue weighted by Gasteiger charge is -2.13. The fourth-order valence-corrected chi connectivity index (χ4v) is 4.01. The van der Waals surface area contributed by atoms with Gasteiger partial charge in [0.1, 0.15) is 23.8 Å². The van der Waals surface area contributed by atoms with Crippen LogP contribution in [0.15, 0.2) is 54.6 Å². The minimum Gasteiger partial charge on any atom is -0.382 e. The lowest BCUT2D eigenvalue weighted by molar-refractivity contribution is 0.126. The highest BCUT2D eigenvalue weighted by molar-refractivity contribution is 6.06. The Morgan fingerprint density at radius 3 is 2.62 bits per heavy atom. The predicted octanol–water partition coefficient (Wildman–Crippen LogP) is 4.38. The quantitative estimate of drug-likeness (QED) is 0.432. The molecule has 0 fully saturated rings. The summed E-state index contributed by atoms with van der Waals surface area (Å²) in [7, 11) is 0. The number of imidazole rings is 1. The number of hydrogen-bond donors (Lipinski definition) is 1. The Hall–Kier alpha value is -3.78. The smallest absolute Gasteiger partial charge is 0.152 e. The first-order valence-electron chi connectivity index (χ1n) is 10.5. The molecule has 3 aromatic heterocycles. The van der Waals surface area contributed by atoms with Crippen LogP contribution in [-0.4, -0.2) is 30.9 Å². The molecule has 0 saturated heterocycles. The highest BCUT2D eigenvalue weighted by Crippen LogP contribution is 2.30. The van der Waals surface area contributed by atoms with Crippen LogP contribution in [0.2, 0.25) is 0 Å². The zero-order chi connectivity index (χ0) is 22.2. The van der Waals surface area contributed by atoms with Crippen LogP contribution in [0.4, 0.5) is 10.2 Å². The number of nitrogen functional groups attached to an aromatic ring is 1. The Balaban J connectivity index is 1.71. The van der Waals surface area contributed by atoms with Crippen molar-refractivity contribution in [3.05, 3.63) is 77.6 Å². The van der Waals surface area contributed by atoms with Crippen LogP contribution in [0.3, 0.4) is 0 Å². The van der Waals surface area contributed by atoms with Crippen molar-refractivity contribution in [2.45, 2.75) is 27.0 Å². The first-order chi connectivity index (χ1) is 15.5. The first kappa shape index (κ1) is 20.1. The van der Waals surface area contributed by atoms with Crippen molar-refractivity contribution < 1.29 is 9.13 Å². The number of halogens is 1. The highest BCUT2D eigenvalue weighted by atomic mass is 19.1. The van der Waals surface area contributed by atoms with Gasteiger partial charge in [0.2, 0.25) is 0 Å². The van der Waals surface area contributed by atoms with Gasteiger partial charge in [0.15, 0.2) is 5.82 Å². The van der Waals surface area contributed by atoms with E-state index in [9.17, 15) is 4.39 Å². The van der Waals surface area contributed by atoms with Gasteiger partial charge in [-0.05, 0) is 50.2 Å². The molecule has 0 spiro atoms. The highest BCUT2D eigenvalue weighted by Gasteiger charge is 2.19. The molecule has 7 nitrogen and oxygen atoms in total. The summed E-state index contributed by atoms with van der Waals surface area (Å²) in [4.78, 5) is 9.32. The minimum atomic E-state index is -0.284. The third-order valence-electron chi connectivity index (χ3n) is 5.42. The Kier molecular flexibility index (Phi) is 5.07. The van der Waals surface area contributed by atoms with E-state index in [4.69, 9.17) is 15.5 Å². The standard InChI is InChI=1S/C24H23FN6O/c1-3-32-14-21-28-22-23(19-6-4-5-7-20(19)27-24(22)26)30(21)13-18-12-15(2)29-31(18)17-10-8-16(25)9-11-17/h4-12H,3,13-14H2,1-2H3,(H2,26,27). The summed E-state index contributed by atoms with van der Waals surface area (Å²) in [6, 6.07) is 16.2. The number of fused-ring (bicyclic) bond motifs is 3. The minimum absolute atomic E-state index is 0.284. The van der Waals surface area contributed by atoms with Crippen LogP contribution >= 0.6 is 0 Å². The molecule has 0 atom stereocenters. The maximum Gasteiger partial charge on any atom is 0.152 e. The monoisotopic (exact) mass is 430 g/mol. The van der Waals surface area contributed by atoms with Crippen molar-refractivity contribution in [1.29, 1.82) is 0 Å². The molecule has 0 aliphatic rings. The summed E-state index contributed by atoms with van der Waals surface area (Å²) in [5.74, 6) is 0.864. The fourth-order valence-electron chi connectivity index (χ4n) is 4.01. The molecule has 0 bridgehead atoms. The SMILES string of the molecule is CCOCc1nc2c(N)nc3ccccc3c2n1Cc1cc(C)nn1-c1ccc(F)cc1. The van der Waals surface area contributed by atoms with Crippen molar-refractivity contribution in [2.24, 2.45) is 0 Å². The number of ether oxygens (including phenoxy) is 1. The lowest BCUT2D eigenvalue weighted by Crippen LogP contribution is -2.11. The largest absolute Gasteiger partial charge is 0.382 e. The number of anilines is 1. The molecule has 3 heterocycles. The van der Waals surface area contributed by atoms with E-state index in [-0.39, 0.29) is 5.82 Å². The van der Waals surface area contributed by atoms with Gasteiger partial charge in [-0.3, -0.25) is 0 Å². The molecule has 0 aliphatic carbocycles. The zero-order valence-electron chi connectivity index (χ0n) is 17.9. The molecule has 5 rings (SSSR count). The number of hydrogen-bond acceptors (Lipinski definition) is 5. The normalized spacial score (nSPS) is 11.6. The van der Waals surface area contributed by atoms with Crippen LogP contribution in [0.1, 0.15) is 24.1 Å². The van der Waals surface area contributed by atoms with E-state index in [1.54, 1.807) is 12.1 Å². The molecular weight excluding hydrogens is 407 g/mol. The Bertz CT molecular complexity index is 1420. The van der Waals surface area contributed by atoms with Crippen molar-refractivity contribution in [3.63, 3.8) is 0 Å². The molecular formula is C24H23FN6O. The third-order valence-corrected chi connectivity index (χ3v) is 5.42. The summed E-state index contributed by atoms with van der Waals surface area (Å²) < 4.78 is 23.1. The Labute approximate surface area is 184 Å². The molecule has 0 aliphatic heterocycles. The van der Waals surface area contributed by atoms with E-state index in [1.807, 2.05) is 48.9 Å². The van der Waals surface area contributed by atoms with Crippen LogP contribution in [0.25, 0.3) is 27.6 Å². The van der Waals surface area contributed by atoms with E-state index < -0.39 is 0 Å². The van der Waals surface area contributed by atoms with Crippen LogP contribution in [0, 0.1) is 12.7 Å². The summed E-state index contributed by atoms with van der Waals surface area (Å²) in [6.45, 7) is 5.30. The van der Waals surface area contributed by atoms with Gasteiger partial charge in [-0.15, -0.1) is 0 Å². The van der Waals surface area contributed by atoms with Gasteiger partial charge in [-0.2, -0.15) is 5.10 Å². The predicted molar refractivity (Wildman–Crippen MR) is 122 cm³/mol. The first-order valence-corrected chi connectivity index (χ1v) is 10.5. The zero-order valence-corrected chi connectivity index (χ0v) is 17.9. The number of pyridine rings is 1. The van der Waals surface area contributed by atoms with Gasteiger partial charge in [0.25, 0.3) is 0 Å². The third kappa shape index (κ3) is 3.48. The molecule has 0 radical (unpaired) electrons. The Morgan fingerprint density at radius 1 is 1.06 bits per heavy atom. The van der Waals surface area contributed by atoms with Gasteiger partial charge in [-0.25, -0.2) is 19.0 Å². The van der Waals surface area contributed by atoms with Crippen molar-refractivity contribution in [2.75, 3.05) is 12.3 Å². The van der Waals surface area contributed by atoms with E-state index >= 15 is 0 Å².